The zero-order valence-corrected chi connectivity index (χ0v) is 10.3. The number of benzene rings is 1. The molecule has 1 N–H and O–H groups in total. The molecule has 0 bridgehead atoms. The lowest BCUT2D eigenvalue weighted by atomic mass is 10.0. The monoisotopic (exact) mass is 239 g/mol. The first-order chi connectivity index (χ1) is 8.79. The smallest absolute Gasteiger partial charge is 0.145 e. The average Bonchev–Trinajstić information content (AvgIpc) is 2.84. The van der Waals surface area contributed by atoms with E-state index in [0.29, 0.717) is 0 Å². The first-order valence-electron chi connectivity index (χ1n) is 5.73. The number of hydrogen-bond donors (Lipinski definition) is 1. The van der Waals surface area contributed by atoms with Crippen molar-refractivity contribution in [2.24, 2.45) is 0 Å². The van der Waals surface area contributed by atoms with Crippen LogP contribution in [-0.2, 0) is 0 Å². The van der Waals surface area contributed by atoms with Crippen LogP contribution in [0.1, 0.15) is 5.69 Å². The Morgan fingerprint density at radius 1 is 1.22 bits per heavy atom. The molecule has 0 atom stereocenters. The molecule has 0 spiro atoms. The van der Waals surface area contributed by atoms with E-state index < -0.39 is 0 Å². The van der Waals surface area contributed by atoms with Gasteiger partial charge in [-0.2, -0.15) is 5.10 Å². The number of fused-ring (bicyclic) bond motifs is 1. The second-order valence-corrected chi connectivity index (χ2v) is 4.15. The Morgan fingerprint density at radius 3 is 2.83 bits per heavy atom. The summed E-state index contributed by atoms with van der Waals surface area (Å²) in [7, 11) is 1.65. The Morgan fingerprint density at radius 2 is 2.11 bits per heavy atom. The Bertz CT molecular complexity index is 703. The fraction of sp³-hybridized carbons (Fsp3) is 0.143. The number of aromatic nitrogens is 3. The van der Waals surface area contributed by atoms with E-state index in [1.165, 1.54) is 0 Å². The highest BCUT2D eigenvalue weighted by Gasteiger charge is 2.10. The molecule has 4 nitrogen and oxygen atoms in total. The molecule has 0 aliphatic heterocycles. The molecule has 0 amide bonds. The fourth-order valence-corrected chi connectivity index (χ4v) is 2.09. The van der Waals surface area contributed by atoms with Crippen LogP contribution in [0.2, 0.25) is 0 Å². The van der Waals surface area contributed by atoms with Gasteiger partial charge in [0, 0.05) is 22.8 Å². The molecule has 2 aromatic heterocycles. The molecule has 0 saturated heterocycles. The third-order valence-electron chi connectivity index (χ3n) is 2.93. The largest absolute Gasteiger partial charge is 0.494 e. The van der Waals surface area contributed by atoms with Gasteiger partial charge in [-0.25, -0.2) is 0 Å². The molecule has 0 aliphatic carbocycles. The van der Waals surface area contributed by atoms with Crippen LogP contribution >= 0.6 is 0 Å². The molecule has 18 heavy (non-hydrogen) atoms. The number of methoxy groups -OCH3 is 1. The van der Waals surface area contributed by atoms with Gasteiger partial charge in [0.2, 0.25) is 0 Å². The minimum absolute atomic E-state index is 0.779. The predicted octanol–water partition coefficient (Wildman–Crippen LogP) is 2.94. The lowest BCUT2D eigenvalue weighted by Crippen LogP contribution is -1.89. The van der Waals surface area contributed by atoms with Crippen LogP contribution in [0.25, 0.3) is 22.2 Å². The Hall–Kier alpha value is -2.36. The summed E-state index contributed by atoms with van der Waals surface area (Å²) in [6.45, 7) is 1.99. The first-order valence-corrected chi connectivity index (χ1v) is 5.73. The minimum atomic E-state index is 0.779. The zero-order chi connectivity index (χ0) is 12.5. The molecular weight excluding hydrogens is 226 g/mol. The molecule has 0 radical (unpaired) electrons. The lowest BCUT2D eigenvalue weighted by molar-refractivity contribution is 0.419. The van der Waals surface area contributed by atoms with Gasteiger partial charge in [0.05, 0.1) is 12.8 Å². The number of rotatable bonds is 2. The first kappa shape index (κ1) is 10.8. The van der Waals surface area contributed by atoms with Crippen LogP contribution in [0, 0.1) is 6.92 Å². The highest BCUT2D eigenvalue weighted by molar-refractivity contribution is 5.96. The molecule has 90 valence electrons. The van der Waals surface area contributed by atoms with Crippen LogP contribution in [0.4, 0.5) is 0 Å². The van der Waals surface area contributed by atoms with Crippen molar-refractivity contribution in [1.82, 2.24) is 15.2 Å². The van der Waals surface area contributed by atoms with Crippen LogP contribution in [-0.4, -0.2) is 22.3 Å². The lowest BCUT2D eigenvalue weighted by Gasteiger charge is -2.07. The topological polar surface area (TPSA) is 50.8 Å². The molecule has 2 heterocycles. The van der Waals surface area contributed by atoms with E-state index in [0.717, 1.165) is 33.6 Å². The van der Waals surface area contributed by atoms with E-state index in [1.807, 2.05) is 37.3 Å². The highest BCUT2D eigenvalue weighted by Crippen LogP contribution is 2.32. The Balaban J connectivity index is 2.31. The maximum absolute atomic E-state index is 5.33. The Kier molecular flexibility index (Phi) is 2.48. The zero-order valence-electron chi connectivity index (χ0n) is 10.3. The summed E-state index contributed by atoms with van der Waals surface area (Å²) in [5.74, 6) is 0.779. The number of hydrogen-bond acceptors (Lipinski definition) is 3. The third kappa shape index (κ3) is 1.62. The van der Waals surface area contributed by atoms with E-state index in [9.17, 15) is 0 Å². The highest BCUT2D eigenvalue weighted by atomic mass is 16.5. The van der Waals surface area contributed by atoms with Crippen molar-refractivity contribution < 1.29 is 4.74 Å². The van der Waals surface area contributed by atoms with Crippen molar-refractivity contribution in [3.05, 3.63) is 42.2 Å². The van der Waals surface area contributed by atoms with E-state index in [4.69, 9.17) is 4.74 Å². The molecule has 3 rings (SSSR count). The van der Waals surface area contributed by atoms with Crippen molar-refractivity contribution >= 4 is 10.9 Å². The summed E-state index contributed by atoms with van der Waals surface area (Å²) in [6.07, 6.45) is 1.77. The number of nitrogens with zero attached hydrogens (tertiary/aromatic N) is 2. The van der Waals surface area contributed by atoms with Gasteiger partial charge in [0.25, 0.3) is 0 Å². The molecule has 1 aromatic carbocycles. The molecule has 0 aliphatic rings. The molecular formula is C14H13N3O. The summed E-state index contributed by atoms with van der Waals surface area (Å²) < 4.78 is 5.33. The third-order valence-corrected chi connectivity index (χ3v) is 2.93. The summed E-state index contributed by atoms with van der Waals surface area (Å²) in [6, 6.07) is 9.91. The van der Waals surface area contributed by atoms with E-state index in [-0.39, 0.29) is 0 Å². The fourth-order valence-electron chi connectivity index (χ4n) is 2.09. The molecule has 0 unspecified atom stereocenters. The van der Waals surface area contributed by atoms with Gasteiger partial charge in [0.1, 0.15) is 11.3 Å². The van der Waals surface area contributed by atoms with E-state index >= 15 is 0 Å². The number of nitrogens with one attached hydrogen (secondary N) is 1. The SMILES string of the molecule is COc1ccc(-c2cc(C)[nH]n2)c2cccnc12. The number of H-pyrrole nitrogens is 1. The van der Waals surface area contributed by atoms with Gasteiger partial charge in [-0.1, -0.05) is 6.07 Å². The standard InChI is InChI=1S/C14H13N3O/c1-9-8-12(17-16-9)10-5-6-13(18-2)14-11(10)4-3-7-15-14/h3-8H,1-2H3,(H,16,17). The van der Waals surface area contributed by atoms with Gasteiger partial charge < -0.3 is 4.74 Å². The predicted molar refractivity (Wildman–Crippen MR) is 70.6 cm³/mol. The number of aromatic amines is 1. The summed E-state index contributed by atoms with van der Waals surface area (Å²) in [5.41, 5.74) is 3.88. The van der Waals surface area contributed by atoms with Crippen LogP contribution in [0.5, 0.6) is 5.75 Å². The van der Waals surface area contributed by atoms with Crippen LogP contribution in [0.15, 0.2) is 36.5 Å². The van der Waals surface area contributed by atoms with Gasteiger partial charge in [-0.15, -0.1) is 0 Å². The van der Waals surface area contributed by atoms with Crippen molar-refractivity contribution in [2.75, 3.05) is 7.11 Å². The minimum Gasteiger partial charge on any atom is -0.494 e. The van der Waals surface area contributed by atoms with Crippen molar-refractivity contribution in [1.29, 1.82) is 0 Å². The Labute approximate surface area is 105 Å². The van der Waals surface area contributed by atoms with Crippen molar-refractivity contribution in [3.63, 3.8) is 0 Å². The van der Waals surface area contributed by atoms with Crippen LogP contribution in [0.3, 0.4) is 0 Å². The molecule has 0 saturated carbocycles. The van der Waals surface area contributed by atoms with Crippen molar-refractivity contribution in [2.45, 2.75) is 6.92 Å². The maximum atomic E-state index is 5.33. The van der Waals surface area contributed by atoms with Gasteiger partial charge >= 0.3 is 0 Å². The summed E-state index contributed by atoms with van der Waals surface area (Å²) in [5, 5.41) is 8.30. The number of aryl methyl sites for hydroxylation is 1. The quantitative estimate of drug-likeness (QED) is 0.748. The molecule has 4 heteroatoms. The summed E-state index contributed by atoms with van der Waals surface area (Å²) >= 11 is 0. The van der Waals surface area contributed by atoms with Gasteiger partial charge in [-0.05, 0) is 31.2 Å². The number of pyridine rings is 1. The van der Waals surface area contributed by atoms with Crippen molar-refractivity contribution in [3.8, 4) is 17.0 Å². The van der Waals surface area contributed by atoms with E-state index in [2.05, 4.69) is 15.2 Å². The maximum Gasteiger partial charge on any atom is 0.145 e. The number of ether oxygens (including phenoxy) is 1. The molecule has 3 aromatic rings. The second-order valence-electron chi connectivity index (χ2n) is 4.15. The van der Waals surface area contributed by atoms with E-state index in [1.54, 1.807) is 13.3 Å². The van der Waals surface area contributed by atoms with Crippen LogP contribution < -0.4 is 4.74 Å². The van der Waals surface area contributed by atoms with Gasteiger partial charge in [-0.3, -0.25) is 10.1 Å². The second kappa shape index (κ2) is 4.14. The van der Waals surface area contributed by atoms with Gasteiger partial charge in [0.15, 0.2) is 0 Å². The molecule has 0 fully saturated rings. The summed E-state index contributed by atoms with van der Waals surface area (Å²) in [4.78, 5) is 4.38. The average molecular weight is 239 g/mol. The normalized spacial score (nSPS) is 10.8.